The molecule has 0 radical (unpaired) electrons. The third-order valence-corrected chi connectivity index (χ3v) is 21.1. The quantitative estimate of drug-likeness (QED) is 0.158. The molecule has 7 fully saturated rings. The van der Waals surface area contributed by atoms with Crippen LogP contribution in [0, 0.1) is 68.5 Å². The van der Waals surface area contributed by atoms with Gasteiger partial charge in [0.05, 0.1) is 23.3 Å². The number of allylic oxidation sites excluding steroid dienone is 1. The first kappa shape index (κ1) is 42.0. The Labute approximate surface area is 337 Å². The number of ether oxygens (including phenoxy) is 1. The smallest absolute Gasteiger partial charge is 0.310 e. The summed E-state index contributed by atoms with van der Waals surface area (Å²) < 4.78 is 31.0. The Morgan fingerprint density at radius 3 is 2.18 bits per heavy atom. The van der Waals surface area contributed by atoms with E-state index in [0.717, 1.165) is 38.0 Å². The van der Waals surface area contributed by atoms with E-state index in [1.54, 1.807) is 0 Å². The van der Waals surface area contributed by atoms with E-state index in [4.69, 9.17) is 4.74 Å². The number of aliphatic carboxylic acids is 1. The highest BCUT2D eigenvalue weighted by molar-refractivity contribution is 7.98. The zero-order valence-electron chi connectivity index (χ0n) is 35.7. The van der Waals surface area contributed by atoms with E-state index in [-0.39, 0.29) is 50.8 Å². The van der Waals surface area contributed by atoms with Gasteiger partial charge in [0, 0.05) is 36.6 Å². The average Bonchev–Trinajstić information content (AvgIpc) is 3.49. The third-order valence-electron chi connectivity index (χ3n) is 18.9. The number of fused-ring (bicyclic) bond motifs is 7. The summed E-state index contributed by atoms with van der Waals surface area (Å²) in [6, 6.07) is 0.353. The summed E-state index contributed by atoms with van der Waals surface area (Å²) in [6.07, 6.45) is 14.6. The lowest BCUT2D eigenvalue weighted by atomic mass is 9.32. The van der Waals surface area contributed by atoms with Gasteiger partial charge in [-0.05, 0) is 141 Å². The van der Waals surface area contributed by atoms with E-state index in [1.807, 2.05) is 25.6 Å². The Morgan fingerprint density at radius 2 is 1.56 bits per heavy atom. The maximum absolute atomic E-state index is 13.5. The minimum Gasteiger partial charge on any atom is -0.481 e. The number of nitrogens with one attached hydrogen (secondary N) is 1. The van der Waals surface area contributed by atoms with Crippen LogP contribution in [0.4, 0.5) is 0 Å². The number of carboxylic acid groups (broad SMARTS) is 1. The summed E-state index contributed by atoms with van der Waals surface area (Å²) in [5.74, 6) is 1.97. The molecular weight excluding hydrogens is 729 g/mol. The molecule has 13 atom stereocenters. The van der Waals surface area contributed by atoms with E-state index in [0.29, 0.717) is 48.7 Å². The monoisotopic (exact) mass is 802 g/mol. The van der Waals surface area contributed by atoms with Crippen LogP contribution in [0.15, 0.2) is 12.2 Å². The topological polar surface area (TPSA) is 113 Å². The van der Waals surface area contributed by atoms with Gasteiger partial charge in [0.1, 0.15) is 6.10 Å². The van der Waals surface area contributed by atoms with Crippen molar-refractivity contribution in [1.82, 2.24) is 10.2 Å². The Morgan fingerprint density at radius 1 is 0.873 bits per heavy atom. The summed E-state index contributed by atoms with van der Waals surface area (Å²) in [6.45, 7) is 25.5. The van der Waals surface area contributed by atoms with Crippen LogP contribution in [0.2, 0.25) is 0 Å². The molecule has 0 spiro atoms. The molecule has 0 amide bonds. The van der Waals surface area contributed by atoms with Gasteiger partial charge in [0.2, 0.25) is 0 Å². The van der Waals surface area contributed by atoms with E-state index >= 15 is 0 Å². The number of hydrogen-bond donors (Lipinski definition) is 2. The van der Waals surface area contributed by atoms with Gasteiger partial charge in [0.25, 0.3) is 0 Å². The second kappa shape index (κ2) is 14.3. The number of sulfone groups is 1. The number of hydrogen-bond acceptors (Lipinski definition) is 8. The Hall–Kier alpha value is -1.10. The summed E-state index contributed by atoms with van der Waals surface area (Å²) in [7, 11) is -2.92. The maximum Gasteiger partial charge on any atom is 0.310 e. The van der Waals surface area contributed by atoms with Crippen molar-refractivity contribution in [3.63, 3.8) is 0 Å². The number of carboxylic acids is 1. The Balaban J connectivity index is 1.11. The van der Waals surface area contributed by atoms with Gasteiger partial charge in [-0.1, -0.05) is 60.6 Å². The molecule has 8 nitrogen and oxygen atoms in total. The average molecular weight is 803 g/mol. The molecule has 1 aliphatic heterocycles. The van der Waals surface area contributed by atoms with Crippen LogP contribution in [0.25, 0.3) is 0 Å². The molecule has 2 N–H and O–H groups in total. The van der Waals surface area contributed by atoms with Crippen LogP contribution in [0.1, 0.15) is 126 Å². The van der Waals surface area contributed by atoms with Gasteiger partial charge in [-0.2, -0.15) is 11.8 Å². The normalized spacial score (nSPS) is 45.9. The molecule has 0 aromatic rings. The second-order valence-electron chi connectivity index (χ2n) is 21.7. The van der Waals surface area contributed by atoms with Crippen molar-refractivity contribution in [2.24, 2.45) is 68.5 Å². The summed E-state index contributed by atoms with van der Waals surface area (Å²) >= 11 is 1.89. The molecule has 0 unspecified atom stereocenters. The summed E-state index contributed by atoms with van der Waals surface area (Å²) in [5.41, 5.74) is 1.28. The van der Waals surface area contributed by atoms with E-state index < -0.39 is 33.1 Å². The fourth-order valence-corrected chi connectivity index (χ4v) is 17.2. The molecule has 6 aliphatic carbocycles. The van der Waals surface area contributed by atoms with E-state index in [9.17, 15) is 23.1 Å². The fraction of sp³-hybridized carbons (Fsp3) is 0.911. The van der Waals surface area contributed by atoms with Crippen LogP contribution in [0.5, 0.6) is 0 Å². The molecule has 7 rings (SSSR count). The van der Waals surface area contributed by atoms with Crippen molar-refractivity contribution >= 4 is 33.5 Å². The molecule has 1 saturated heterocycles. The number of rotatable bonds is 11. The first-order valence-electron chi connectivity index (χ1n) is 21.9. The number of nitrogens with zero attached hydrogens (tertiary/aromatic N) is 1. The lowest BCUT2D eigenvalue weighted by molar-refractivity contribution is -0.246. The molecule has 10 heteroatoms. The molecule has 6 saturated carbocycles. The molecule has 0 aromatic carbocycles. The van der Waals surface area contributed by atoms with Crippen molar-refractivity contribution in [1.29, 1.82) is 0 Å². The highest BCUT2D eigenvalue weighted by Gasteiger charge is 2.72. The van der Waals surface area contributed by atoms with E-state index in [1.165, 1.54) is 50.5 Å². The summed E-state index contributed by atoms with van der Waals surface area (Å²) in [4.78, 5) is 27.9. The molecule has 0 bridgehead atoms. The fourth-order valence-electron chi connectivity index (χ4n) is 15.5. The van der Waals surface area contributed by atoms with Crippen molar-refractivity contribution in [2.45, 2.75) is 144 Å². The number of esters is 1. The molecule has 7 aliphatic rings. The van der Waals surface area contributed by atoms with E-state index in [2.05, 4.69) is 64.6 Å². The van der Waals surface area contributed by atoms with Crippen LogP contribution in [-0.2, 0) is 24.2 Å². The van der Waals surface area contributed by atoms with Gasteiger partial charge < -0.3 is 15.2 Å². The molecule has 312 valence electrons. The first-order valence-corrected chi connectivity index (χ1v) is 25.1. The molecule has 55 heavy (non-hydrogen) atoms. The van der Waals surface area contributed by atoms with Gasteiger partial charge in [-0.15, -0.1) is 0 Å². The number of thioether (sulfide) groups is 1. The largest absolute Gasteiger partial charge is 0.481 e. The molecule has 0 aromatic heterocycles. The standard InChI is InChI=1S/C45H74N2O6S2/c1-28(2)30-13-19-45(46-27-29(16-24-54-10)47-22-25-55(51,52)26-23-47)21-20-43(8)31(35(30)45)11-12-33-42(7)17-15-34(40(3,4)32(42)14-18-44(33,43)9)53-39(50)37-36(38(48)49)41(37,5)6/h29-37,46H,1,11-27H2,2-10H3,(H,48,49)/t29-,30+,31-,32+,33-,34+,35-,36+,37-,42+,43-,44-,45+/m1/s1. The summed E-state index contributed by atoms with van der Waals surface area (Å²) in [5, 5.41) is 14.1. The minimum atomic E-state index is -2.92. The number of carbonyl (C=O) groups is 2. The van der Waals surface area contributed by atoms with Crippen LogP contribution in [-0.4, -0.2) is 91.2 Å². The lowest BCUT2D eigenvalue weighted by Gasteiger charge is -2.73. The van der Waals surface area contributed by atoms with Gasteiger partial charge in [0.15, 0.2) is 9.84 Å². The van der Waals surface area contributed by atoms with Crippen LogP contribution < -0.4 is 5.32 Å². The van der Waals surface area contributed by atoms with Crippen molar-refractivity contribution < 1.29 is 27.9 Å². The van der Waals surface area contributed by atoms with Crippen molar-refractivity contribution in [3.05, 3.63) is 12.2 Å². The SMILES string of the molecule is C=C(C)[C@@H]1CC[C@]2(NC[C@@H](CCSC)N3CCS(=O)(=O)CC3)CC[C@]3(C)[C@H](CC[C@@H]4[C@@]5(C)CC[C@H](OC(=O)[C@H]6[C@@H](C(=O)O)C6(C)C)C(C)(C)[C@@H]5CC[C@]43C)[C@@H]12. The Kier molecular flexibility index (Phi) is 10.9. The predicted molar refractivity (Wildman–Crippen MR) is 223 cm³/mol. The van der Waals surface area contributed by atoms with Gasteiger partial charge in [-0.25, -0.2) is 8.42 Å². The lowest BCUT2D eigenvalue weighted by Crippen LogP contribution is -2.69. The Bertz CT molecular complexity index is 1630. The zero-order valence-corrected chi connectivity index (χ0v) is 37.3. The van der Waals surface area contributed by atoms with Crippen molar-refractivity contribution in [3.8, 4) is 0 Å². The maximum atomic E-state index is 13.5. The van der Waals surface area contributed by atoms with Crippen molar-refractivity contribution in [2.75, 3.05) is 43.1 Å². The van der Waals surface area contributed by atoms with Crippen LogP contribution >= 0.6 is 11.8 Å². The van der Waals surface area contributed by atoms with Gasteiger partial charge >= 0.3 is 11.9 Å². The third kappa shape index (κ3) is 6.62. The first-order chi connectivity index (χ1) is 25.6. The number of carbonyl (C=O) groups excluding carboxylic acids is 1. The second-order valence-corrected chi connectivity index (χ2v) is 25.0. The molecular formula is C45H74N2O6S2. The van der Waals surface area contributed by atoms with Gasteiger partial charge in [-0.3, -0.25) is 14.5 Å². The minimum absolute atomic E-state index is 0.0945. The molecule has 1 heterocycles. The highest BCUT2D eigenvalue weighted by Crippen LogP contribution is 2.76. The van der Waals surface area contributed by atoms with Crippen LogP contribution in [0.3, 0.4) is 0 Å². The zero-order chi connectivity index (χ0) is 40.1. The predicted octanol–water partition coefficient (Wildman–Crippen LogP) is 8.11. The highest BCUT2D eigenvalue weighted by atomic mass is 32.2.